The maximum absolute atomic E-state index is 12.7. The van der Waals surface area contributed by atoms with E-state index in [2.05, 4.69) is 20.0 Å². The summed E-state index contributed by atoms with van der Waals surface area (Å²) in [5, 5.41) is 3.11. The van der Waals surface area contributed by atoms with E-state index in [1.54, 1.807) is 0 Å². The number of nitrogens with one attached hydrogen (secondary N) is 1. The van der Waals surface area contributed by atoms with E-state index in [0.717, 1.165) is 0 Å². The molecule has 2 saturated heterocycles. The number of nitrogens with two attached hydrogens (primary N) is 1. The van der Waals surface area contributed by atoms with E-state index in [9.17, 15) is 18.4 Å². The van der Waals surface area contributed by atoms with Crippen LogP contribution in [0, 0.1) is 0 Å². The molecule has 0 saturated carbocycles. The smallest absolute Gasteiger partial charge is 0.407 e. The lowest BCUT2D eigenvalue weighted by atomic mass is 10.1. The zero-order chi connectivity index (χ0) is 18.4. The first kappa shape index (κ1) is 16.2. The molecular formula is C15H13F2N5O4. The predicted molar refractivity (Wildman–Crippen MR) is 84.1 cm³/mol. The lowest BCUT2D eigenvalue weighted by Crippen LogP contribution is -2.32. The van der Waals surface area contributed by atoms with Crippen molar-refractivity contribution in [1.29, 1.82) is 0 Å². The molecule has 2 atom stereocenters. The van der Waals surface area contributed by atoms with Crippen LogP contribution in [0.2, 0.25) is 0 Å². The second-order valence-corrected chi connectivity index (χ2v) is 5.91. The molecule has 0 bridgehead atoms. The summed E-state index contributed by atoms with van der Waals surface area (Å²) >= 11 is 0. The van der Waals surface area contributed by atoms with Crippen molar-refractivity contribution in [2.24, 2.45) is 5.73 Å². The first-order chi connectivity index (χ1) is 12.4. The number of fused-ring (bicyclic) bond motifs is 2. The first-order valence-electron chi connectivity index (χ1n) is 7.68. The minimum Gasteiger partial charge on any atom is -0.442 e. The fourth-order valence-corrected chi connectivity index (χ4v) is 3.24. The summed E-state index contributed by atoms with van der Waals surface area (Å²) in [6.45, 7) is -2.29. The molecule has 2 aliphatic heterocycles. The number of benzene rings is 1. The SMILES string of the molecule is NC(=O)c1cc2ncnc(N3C[C@@H]4OC(=O)N[C@@H]4C3)c2cc1OC(F)F. The molecule has 0 unspecified atom stereocenters. The number of alkyl halides is 2. The van der Waals surface area contributed by atoms with Gasteiger partial charge in [0.2, 0.25) is 0 Å². The van der Waals surface area contributed by atoms with Crippen LogP contribution in [0.25, 0.3) is 10.9 Å². The van der Waals surface area contributed by atoms with Gasteiger partial charge in [-0.1, -0.05) is 0 Å². The minimum atomic E-state index is -3.12. The normalized spacial score (nSPS) is 21.7. The van der Waals surface area contributed by atoms with Gasteiger partial charge < -0.3 is 25.4 Å². The lowest BCUT2D eigenvalue weighted by Gasteiger charge is -2.20. The summed E-state index contributed by atoms with van der Waals surface area (Å²) in [6, 6.07) is 2.37. The molecule has 2 amide bonds. The molecule has 26 heavy (non-hydrogen) atoms. The van der Waals surface area contributed by atoms with Gasteiger partial charge in [0, 0.05) is 11.9 Å². The Balaban J connectivity index is 1.76. The molecule has 9 nitrogen and oxygen atoms in total. The Bertz CT molecular complexity index is 893. The number of anilines is 1. The Morgan fingerprint density at radius 2 is 2.19 bits per heavy atom. The topological polar surface area (TPSA) is 120 Å². The van der Waals surface area contributed by atoms with Crippen LogP contribution < -0.4 is 20.7 Å². The molecule has 0 aliphatic carbocycles. The van der Waals surface area contributed by atoms with E-state index in [4.69, 9.17) is 10.5 Å². The zero-order valence-corrected chi connectivity index (χ0v) is 13.2. The summed E-state index contributed by atoms with van der Waals surface area (Å²) in [4.78, 5) is 32.9. The van der Waals surface area contributed by atoms with Gasteiger partial charge >= 0.3 is 12.7 Å². The third-order valence-corrected chi connectivity index (χ3v) is 4.32. The largest absolute Gasteiger partial charge is 0.442 e. The number of carbonyl (C=O) groups excluding carboxylic acids is 2. The van der Waals surface area contributed by atoms with Gasteiger partial charge in [0.05, 0.1) is 23.7 Å². The molecule has 3 heterocycles. The van der Waals surface area contributed by atoms with Crippen molar-refractivity contribution in [2.45, 2.75) is 18.8 Å². The van der Waals surface area contributed by atoms with Crippen molar-refractivity contribution >= 4 is 28.7 Å². The fraction of sp³-hybridized carbons (Fsp3) is 0.333. The van der Waals surface area contributed by atoms with E-state index in [1.807, 2.05) is 4.90 Å². The third kappa shape index (κ3) is 2.70. The Morgan fingerprint density at radius 1 is 1.38 bits per heavy atom. The summed E-state index contributed by atoms with van der Waals surface area (Å²) in [6.07, 6.45) is 0.504. The quantitative estimate of drug-likeness (QED) is 0.815. The van der Waals surface area contributed by atoms with E-state index < -0.39 is 18.6 Å². The molecule has 4 rings (SSSR count). The number of primary amides is 1. The molecule has 1 aromatic carbocycles. The van der Waals surface area contributed by atoms with Crippen LogP contribution in [0.3, 0.4) is 0 Å². The van der Waals surface area contributed by atoms with E-state index >= 15 is 0 Å². The maximum atomic E-state index is 12.7. The molecule has 2 aromatic rings. The predicted octanol–water partition coefficient (Wildman–Crippen LogP) is 0.627. The highest BCUT2D eigenvalue weighted by Crippen LogP contribution is 2.33. The molecule has 1 aromatic heterocycles. The molecule has 2 aliphatic rings. The summed E-state index contributed by atoms with van der Waals surface area (Å²) in [5.41, 5.74) is 5.40. The number of carbonyl (C=O) groups is 2. The van der Waals surface area contributed by atoms with Crippen molar-refractivity contribution in [3.8, 4) is 5.75 Å². The number of amides is 2. The van der Waals surface area contributed by atoms with Crippen LogP contribution in [-0.4, -0.2) is 53.8 Å². The van der Waals surface area contributed by atoms with Crippen molar-refractivity contribution < 1.29 is 27.8 Å². The van der Waals surface area contributed by atoms with Crippen molar-refractivity contribution in [3.63, 3.8) is 0 Å². The Labute approximate surface area is 145 Å². The van der Waals surface area contributed by atoms with Gasteiger partial charge in [-0.25, -0.2) is 14.8 Å². The van der Waals surface area contributed by atoms with Gasteiger partial charge in [-0.2, -0.15) is 8.78 Å². The number of alkyl carbamates (subject to hydrolysis) is 1. The summed E-state index contributed by atoms with van der Waals surface area (Å²) < 4.78 is 35.0. The van der Waals surface area contributed by atoms with Crippen molar-refractivity contribution in [3.05, 3.63) is 24.0 Å². The Morgan fingerprint density at radius 3 is 2.88 bits per heavy atom. The van der Waals surface area contributed by atoms with Gasteiger partial charge in [0.1, 0.15) is 24.0 Å². The summed E-state index contributed by atoms with van der Waals surface area (Å²) in [7, 11) is 0. The van der Waals surface area contributed by atoms with Crippen LogP contribution in [0.5, 0.6) is 5.75 Å². The van der Waals surface area contributed by atoms with Gasteiger partial charge in [-0.05, 0) is 12.1 Å². The number of nitrogens with zero attached hydrogens (tertiary/aromatic N) is 3. The lowest BCUT2D eigenvalue weighted by molar-refractivity contribution is -0.0500. The molecule has 2 fully saturated rings. The summed E-state index contributed by atoms with van der Waals surface area (Å²) in [5.74, 6) is -0.799. The number of hydrogen-bond acceptors (Lipinski definition) is 7. The molecule has 0 radical (unpaired) electrons. The first-order valence-corrected chi connectivity index (χ1v) is 7.68. The average molecular weight is 365 g/mol. The molecule has 0 spiro atoms. The van der Waals surface area contributed by atoms with Gasteiger partial charge in [-0.15, -0.1) is 0 Å². The van der Waals surface area contributed by atoms with Gasteiger partial charge in [0.25, 0.3) is 5.91 Å². The number of hydrogen-bond donors (Lipinski definition) is 2. The van der Waals surface area contributed by atoms with E-state index in [0.29, 0.717) is 29.8 Å². The Hall–Kier alpha value is -3.24. The standard InChI is InChI=1S/C15H13F2N5O4/c16-14(17)25-10-2-6-8(1-7(10)12(18)23)19-5-20-13(6)22-3-9-11(4-22)26-15(24)21-9/h1-2,5,9,11,14H,3-4H2,(H2,18,23)(H,21,24)/t9-,11+/m1/s1. The molecular weight excluding hydrogens is 352 g/mol. The van der Waals surface area contributed by atoms with Crippen LogP contribution in [0.1, 0.15) is 10.4 Å². The molecule has 11 heteroatoms. The highest BCUT2D eigenvalue weighted by molar-refractivity contribution is 6.02. The second kappa shape index (κ2) is 5.93. The number of ether oxygens (including phenoxy) is 2. The van der Waals surface area contributed by atoms with E-state index in [1.165, 1.54) is 18.5 Å². The average Bonchev–Trinajstić information content (AvgIpc) is 3.10. The van der Waals surface area contributed by atoms with Crippen molar-refractivity contribution in [1.82, 2.24) is 15.3 Å². The number of aromatic nitrogens is 2. The van der Waals surface area contributed by atoms with Crippen LogP contribution >= 0.6 is 0 Å². The minimum absolute atomic E-state index is 0.186. The monoisotopic (exact) mass is 365 g/mol. The fourth-order valence-electron chi connectivity index (χ4n) is 3.24. The van der Waals surface area contributed by atoms with Crippen LogP contribution in [0.4, 0.5) is 19.4 Å². The molecule has 3 N–H and O–H groups in total. The maximum Gasteiger partial charge on any atom is 0.407 e. The number of halogens is 2. The van der Waals surface area contributed by atoms with Crippen LogP contribution in [0.15, 0.2) is 18.5 Å². The third-order valence-electron chi connectivity index (χ3n) is 4.32. The van der Waals surface area contributed by atoms with Gasteiger partial charge in [0.15, 0.2) is 0 Å². The van der Waals surface area contributed by atoms with E-state index in [-0.39, 0.29) is 23.5 Å². The number of rotatable bonds is 4. The van der Waals surface area contributed by atoms with Gasteiger partial charge in [-0.3, -0.25) is 4.79 Å². The second-order valence-electron chi connectivity index (χ2n) is 5.91. The Kier molecular flexibility index (Phi) is 3.71. The van der Waals surface area contributed by atoms with Crippen LogP contribution in [-0.2, 0) is 4.74 Å². The highest BCUT2D eigenvalue weighted by atomic mass is 19.3. The molecule has 136 valence electrons. The van der Waals surface area contributed by atoms with Crippen molar-refractivity contribution in [2.75, 3.05) is 18.0 Å². The highest BCUT2D eigenvalue weighted by Gasteiger charge is 2.42. The zero-order valence-electron chi connectivity index (χ0n) is 13.2.